The summed E-state index contributed by atoms with van der Waals surface area (Å²) in [4.78, 5) is 4.25. The van der Waals surface area contributed by atoms with Gasteiger partial charge in [0.15, 0.2) is 0 Å². The molecule has 1 aromatic heterocycles. The van der Waals surface area contributed by atoms with E-state index in [9.17, 15) is 5.11 Å². The van der Waals surface area contributed by atoms with Crippen LogP contribution < -0.4 is 0 Å². The summed E-state index contributed by atoms with van der Waals surface area (Å²) in [5.41, 5.74) is 1.99. The molecule has 0 amide bonds. The molecule has 74 valence electrons. The van der Waals surface area contributed by atoms with Crippen LogP contribution in [-0.2, 0) is 6.54 Å². The third kappa shape index (κ3) is 1.81. The highest BCUT2D eigenvalue weighted by Crippen LogP contribution is 2.18. The number of halogens is 1. The molecule has 0 aliphatic rings. The molecule has 4 heteroatoms. The quantitative estimate of drug-likeness (QED) is 0.893. The topological polar surface area (TPSA) is 38.0 Å². The van der Waals surface area contributed by atoms with Gasteiger partial charge < -0.3 is 9.67 Å². The van der Waals surface area contributed by atoms with Gasteiger partial charge in [-0.1, -0.05) is 15.9 Å². The third-order valence-electron chi connectivity index (χ3n) is 2.04. The van der Waals surface area contributed by atoms with Crippen LogP contribution in [0.15, 0.2) is 29.0 Å². The van der Waals surface area contributed by atoms with Gasteiger partial charge in [0.05, 0.1) is 23.5 Å². The van der Waals surface area contributed by atoms with Crippen molar-refractivity contribution in [2.45, 2.75) is 19.6 Å². The SMILES string of the molecule is C[C@H](O)Cn1cnc2cc(Br)ccc21. The van der Waals surface area contributed by atoms with E-state index in [2.05, 4.69) is 20.9 Å². The maximum absolute atomic E-state index is 9.28. The molecule has 1 aromatic carbocycles. The molecule has 0 aliphatic carbocycles. The molecule has 14 heavy (non-hydrogen) atoms. The van der Waals surface area contributed by atoms with Crippen LogP contribution in [0.2, 0.25) is 0 Å². The van der Waals surface area contributed by atoms with Gasteiger partial charge in [-0.3, -0.25) is 0 Å². The van der Waals surface area contributed by atoms with E-state index in [1.807, 2.05) is 22.8 Å². The van der Waals surface area contributed by atoms with Crippen molar-refractivity contribution in [2.75, 3.05) is 0 Å². The van der Waals surface area contributed by atoms with Crippen LogP contribution in [0.1, 0.15) is 6.92 Å². The highest BCUT2D eigenvalue weighted by atomic mass is 79.9. The van der Waals surface area contributed by atoms with E-state index < -0.39 is 0 Å². The molecule has 0 aliphatic heterocycles. The van der Waals surface area contributed by atoms with Gasteiger partial charge in [-0.2, -0.15) is 0 Å². The first kappa shape index (κ1) is 9.68. The molecule has 0 saturated heterocycles. The lowest BCUT2D eigenvalue weighted by Gasteiger charge is -2.05. The van der Waals surface area contributed by atoms with Crippen LogP contribution in [0, 0.1) is 0 Å². The van der Waals surface area contributed by atoms with Crippen LogP contribution in [0.5, 0.6) is 0 Å². The van der Waals surface area contributed by atoms with Crippen molar-refractivity contribution in [3.8, 4) is 0 Å². The fraction of sp³-hybridized carbons (Fsp3) is 0.300. The second-order valence-corrected chi connectivity index (χ2v) is 4.29. The Bertz CT molecular complexity index is 450. The number of hydrogen-bond acceptors (Lipinski definition) is 2. The zero-order chi connectivity index (χ0) is 10.1. The van der Waals surface area contributed by atoms with E-state index in [0.29, 0.717) is 6.54 Å². The normalized spacial score (nSPS) is 13.4. The zero-order valence-electron chi connectivity index (χ0n) is 7.81. The molecular formula is C10H11BrN2O. The summed E-state index contributed by atoms with van der Waals surface area (Å²) in [5, 5.41) is 9.28. The number of benzene rings is 1. The molecule has 1 heterocycles. The van der Waals surface area contributed by atoms with Gasteiger partial charge in [-0.05, 0) is 25.1 Å². The van der Waals surface area contributed by atoms with Crippen LogP contribution in [0.4, 0.5) is 0 Å². The lowest BCUT2D eigenvalue weighted by Crippen LogP contribution is -2.10. The summed E-state index contributed by atoms with van der Waals surface area (Å²) in [6.07, 6.45) is 1.40. The number of rotatable bonds is 2. The first-order valence-electron chi connectivity index (χ1n) is 4.45. The minimum Gasteiger partial charge on any atom is -0.392 e. The first-order chi connectivity index (χ1) is 6.66. The minimum absolute atomic E-state index is 0.351. The Labute approximate surface area is 90.5 Å². The Morgan fingerprint density at radius 2 is 2.36 bits per heavy atom. The molecule has 1 atom stereocenters. The summed E-state index contributed by atoms with van der Waals surface area (Å²) in [6.45, 7) is 2.35. The molecule has 0 fully saturated rings. The van der Waals surface area contributed by atoms with E-state index in [4.69, 9.17) is 0 Å². The monoisotopic (exact) mass is 254 g/mol. The lowest BCUT2D eigenvalue weighted by atomic mass is 10.3. The van der Waals surface area contributed by atoms with Crippen molar-refractivity contribution in [3.63, 3.8) is 0 Å². The van der Waals surface area contributed by atoms with Gasteiger partial charge in [0.1, 0.15) is 0 Å². The van der Waals surface area contributed by atoms with Crippen molar-refractivity contribution >= 4 is 27.0 Å². The van der Waals surface area contributed by atoms with Gasteiger partial charge in [-0.15, -0.1) is 0 Å². The average molecular weight is 255 g/mol. The zero-order valence-corrected chi connectivity index (χ0v) is 9.40. The van der Waals surface area contributed by atoms with Crippen LogP contribution in [0.3, 0.4) is 0 Å². The van der Waals surface area contributed by atoms with Crippen molar-refractivity contribution in [2.24, 2.45) is 0 Å². The molecule has 3 nitrogen and oxygen atoms in total. The van der Waals surface area contributed by atoms with Gasteiger partial charge in [-0.25, -0.2) is 4.98 Å². The van der Waals surface area contributed by atoms with Crippen LogP contribution in [0.25, 0.3) is 11.0 Å². The first-order valence-corrected chi connectivity index (χ1v) is 5.24. The van der Waals surface area contributed by atoms with E-state index in [1.54, 1.807) is 13.3 Å². The number of aliphatic hydroxyl groups excluding tert-OH is 1. The fourth-order valence-electron chi connectivity index (χ4n) is 1.47. The summed E-state index contributed by atoms with van der Waals surface area (Å²) in [6, 6.07) is 5.94. The van der Waals surface area contributed by atoms with Gasteiger partial charge >= 0.3 is 0 Å². The van der Waals surface area contributed by atoms with Gasteiger partial charge in [0, 0.05) is 11.0 Å². The van der Waals surface area contributed by atoms with Crippen LogP contribution >= 0.6 is 15.9 Å². The van der Waals surface area contributed by atoms with Crippen molar-refractivity contribution in [1.82, 2.24) is 9.55 Å². The van der Waals surface area contributed by atoms with E-state index in [-0.39, 0.29) is 6.10 Å². The van der Waals surface area contributed by atoms with Crippen molar-refractivity contribution in [3.05, 3.63) is 29.0 Å². The molecular weight excluding hydrogens is 244 g/mol. The largest absolute Gasteiger partial charge is 0.392 e. The molecule has 2 aromatic rings. The van der Waals surface area contributed by atoms with Crippen molar-refractivity contribution < 1.29 is 5.11 Å². The second kappa shape index (κ2) is 3.71. The van der Waals surface area contributed by atoms with Crippen LogP contribution in [-0.4, -0.2) is 20.8 Å². The van der Waals surface area contributed by atoms with E-state index in [1.165, 1.54) is 0 Å². The molecule has 0 bridgehead atoms. The average Bonchev–Trinajstić information content (AvgIpc) is 2.47. The highest BCUT2D eigenvalue weighted by Gasteiger charge is 2.04. The number of fused-ring (bicyclic) bond motifs is 1. The summed E-state index contributed by atoms with van der Waals surface area (Å²) < 4.78 is 2.97. The lowest BCUT2D eigenvalue weighted by molar-refractivity contribution is 0.175. The predicted octanol–water partition coefficient (Wildman–Crippen LogP) is 2.18. The number of hydrogen-bond donors (Lipinski definition) is 1. The molecule has 2 rings (SSSR count). The van der Waals surface area contributed by atoms with Gasteiger partial charge in [0.2, 0.25) is 0 Å². The molecule has 1 N–H and O–H groups in total. The number of imidazole rings is 1. The summed E-state index contributed by atoms with van der Waals surface area (Å²) >= 11 is 3.39. The predicted molar refractivity (Wildman–Crippen MR) is 59.1 cm³/mol. The molecule has 0 spiro atoms. The molecule has 0 unspecified atom stereocenters. The Balaban J connectivity index is 2.47. The Morgan fingerprint density at radius 3 is 3.07 bits per heavy atom. The second-order valence-electron chi connectivity index (χ2n) is 3.38. The smallest absolute Gasteiger partial charge is 0.0959 e. The highest BCUT2D eigenvalue weighted by molar-refractivity contribution is 9.10. The van der Waals surface area contributed by atoms with E-state index >= 15 is 0 Å². The number of nitrogens with zero attached hydrogens (tertiary/aromatic N) is 2. The van der Waals surface area contributed by atoms with E-state index in [0.717, 1.165) is 15.5 Å². The fourth-order valence-corrected chi connectivity index (χ4v) is 1.82. The number of aliphatic hydroxyl groups is 1. The Kier molecular flexibility index (Phi) is 2.56. The van der Waals surface area contributed by atoms with Gasteiger partial charge in [0.25, 0.3) is 0 Å². The minimum atomic E-state index is -0.351. The third-order valence-corrected chi connectivity index (χ3v) is 2.54. The Hall–Kier alpha value is -0.870. The standard InChI is InChI=1S/C10H11BrN2O/c1-7(14)5-13-6-12-9-4-8(11)2-3-10(9)13/h2-4,6-7,14H,5H2,1H3/t7-/m0/s1. The Morgan fingerprint density at radius 1 is 1.57 bits per heavy atom. The maximum Gasteiger partial charge on any atom is 0.0959 e. The molecule has 0 radical (unpaired) electrons. The number of aromatic nitrogens is 2. The summed E-state index contributed by atoms with van der Waals surface area (Å²) in [7, 11) is 0. The maximum atomic E-state index is 9.28. The molecule has 0 saturated carbocycles. The van der Waals surface area contributed by atoms with Crippen molar-refractivity contribution in [1.29, 1.82) is 0 Å². The summed E-state index contributed by atoms with van der Waals surface area (Å²) in [5.74, 6) is 0.